The highest BCUT2D eigenvalue weighted by Crippen LogP contribution is 2.31. The number of aromatic nitrogens is 2. The summed E-state index contributed by atoms with van der Waals surface area (Å²) in [6.07, 6.45) is 4.98. The van der Waals surface area contributed by atoms with Crippen LogP contribution in [0.5, 0.6) is 11.5 Å². The number of hydrogen-bond donors (Lipinski definition) is 0. The zero-order valence-electron chi connectivity index (χ0n) is 14.1. The van der Waals surface area contributed by atoms with Gasteiger partial charge in [0.2, 0.25) is 0 Å². The molecule has 1 unspecified atom stereocenters. The quantitative estimate of drug-likeness (QED) is 0.779. The Hall–Kier alpha value is -2.47. The monoisotopic (exact) mass is 339 g/mol. The van der Waals surface area contributed by atoms with Gasteiger partial charge in [-0.05, 0) is 37.2 Å². The summed E-state index contributed by atoms with van der Waals surface area (Å²) in [6.45, 7) is 3.81. The summed E-state index contributed by atoms with van der Waals surface area (Å²) >= 11 is 0. The minimum absolute atomic E-state index is 0.141. The molecule has 25 heavy (non-hydrogen) atoms. The number of ketones is 1. The van der Waals surface area contributed by atoms with E-state index in [1.807, 2.05) is 18.2 Å². The zero-order chi connectivity index (χ0) is 17.1. The van der Waals surface area contributed by atoms with Gasteiger partial charge in [0, 0.05) is 42.9 Å². The van der Waals surface area contributed by atoms with E-state index in [4.69, 9.17) is 9.47 Å². The van der Waals surface area contributed by atoms with E-state index in [9.17, 15) is 4.79 Å². The molecule has 1 atom stereocenters. The Morgan fingerprint density at radius 1 is 1.20 bits per heavy atom. The summed E-state index contributed by atoms with van der Waals surface area (Å²) in [7, 11) is 0. The van der Waals surface area contributed by atoms with E-state index < -0.39 is 0 Å². The highest BCUT2D eigenvalue weighted by atomic mass is 16.6. The lowest BCUT2D eigenvalue weighted by Crippen LogP contribution is -2.24. The third-order valence-electron chi connectivity index (χ3n) is 4.81. The molecule has 6 nitrogen and oxygen atoms in total. The number of benzene rings is 1. The van der Waals surface area contributed by atoms with Crippen LogP contribution in [0.4, 0.5) is 0 Å². The van der Waals surface area contributed by atoms with Crippen LogP contribution in [0.15, 0.2) is 36.8 Å². The van der Waals surface area contributed by atoms with E-state index in [1.54, 1.807) is 18.6 Å². The molecule has 3 heterocycles. The molecule has 0 bridgehead atoms. The van der Waals surface area contributed by atoms with Gasteiger partial charge in [0.05, 0.1) is 0 Å². The van der Waals surface area contributed by atoms with Gasteiger partial charge in [-0.25, -0.2) is 9.97 Å². The van der Waals surface area contributed by atoms with Gasteiger partial charge in [-0.15, -0.1) is 0 Å². The predicted molar refractivity (Wildman–Crippen MR) is 92.2 cm³/mol. The Balaban J connectivity index is 1.32. The summed E-state index contributed by atoms with van der Waals surface area (Å²) in [5, 5.41) is 0. The third kappa shape index (κ3) is 3.64. The molecule has 2 aliphatic rings. The number of likely N-dealkylation sites (tertiary alicyclic amines) is 1. The summed E-state index contributed by atoms with van der Waals surface area (Å²) in [5.74, 6) is 1.96. The molecule has 130 valence electrons. The minimum atomic E-state index is 0.141. The van der Waals surface area contributed by atoms with E-state index >= 15 is 0 Å². The number of ether oxygens (including phenoxy) is 2. The predicted octanol–water partition coefficient (Wildman–Crippen LogP) is 2.31. The summed E-state index contributed by atoms with van der Waals surface area (Å²) in [5.41, 5.74) is 1.78. The lowest BCUT2D eigenvalue weighted by atomic mass is 10.1. The van der Waals surface area contributed by atoms with E-state index in [0.29, 0.717) is 36.9 Å². The molecule has 0 amide bonds. The van der Waals surface area contributed by atoms with Crippen molar-refractivity contribution < 1.29 is 14.3 Å². The smallest absolute Gasteiger partial charge is 0.164 e. The van der Waals surface area contributed by atoms with Crippen molar-refractivity contribution in [2.75, 3.05) is 32.8 Å². The fraction of sp³-hybridized carbons (Fsp3) is 0.421. The maximum absolute atomic E-state index is 12.5. The van der Waals surface area contributed by atoms with Gasteiger partial charge in [0.25, 0.3) is 0 Å². The lowest BCUT2D eigenvalue weighted by Gasteiger charge is -2.19. The number of carbonyl (C=O) groups is 1. The van der Waals surface area contributed by atoms with Gasteiger partial charge in [0.1, 0.15) is 19.5 Å². The second kappa shape index (κ2) is 7.19. The number of nitrogens with zero attached hydrogens (tertiary/aromatic N) is 3. The van der Waals surface area contributed by atoms with Crippen molar-refractivity contribution in [3.63, 3.8) is 0 Å². The Kier molecular flexibility index (Phi) is 4.61. The summed E-state index contributed by atoms with van der Waals surface area (Å²) in [6, 6.07) is 7.42. The van der Waals surface area contributed by atoms with Crippen molar-refractivity contribution in [1.29, 1.82) is 0 Å². The van der Waals surface area contributed by atoms with Crippen LogP contribution in [0.3, 0.4) is 0 Å². The van der Waals surface area contributed by atoms with Gasteiger partial charge in [-0.1, -0.05) is 0 Å². The lowest BCUT2D eigenvalue weighted by molar-refractivity contribution is 0.0967. The zero-order valence-corrected chi connectivity index (χ0v) is 14.1. The number of fused-ring (bicyclic) bond motifs is 1. The van der Waals surface area contributed by atoms with Crippen molar-refractivity contribution in [2.45, 2.75) is 18.8 Å². The maximum atomic E-state index is 12.5. The molecule has 0 spiro atoms. The molecule has 0 N–H and O–H groups in total. The van der Waals surface area contributed by atoms with Crippen LogP contribution < -0.4 is 9.47 Å². The molecule has 2 aromatic rings. The molecule has 0 saturated carbocycles. The standard InChI is InChI=1S/C19H21N3O3/c23-17(14-1-2-18-19(11-14)25-10-9-24-18)5-8-22-7-4-15(12-22)16-3-6-20-13-21-16/h1-3,6,11,13,15H,4-5,7-10,12H2. The van der Waals surface area contributed by atoms with Gasteiger partial charge >= 0.3 is 0 Å². The molecule has 0 radical (unpaired) electrons. The first-order valence-electron chi connectivity index (χ1n) is 8.71. The number of hydrogen-bond acceptors (Lipinski definition) is 6. The van der Waals surface area contributed by atoms with Crippen LogP contribution >= 0.6 is 0 Å². The van der Waals surface area contributed by atoms with Crippen molar-refractivity contribution in [1.82, 2.24) is 14.9 Å². The summed E-state index contributed by atoms with van der Waals surface area (Å²) < 4.78 is 11.1. The highest BCUT2D eigenvalue weighted by molar-refractivity contribution is 5.96. The van der Waals surface area contributed by atoms with Crippen LogP contribution in [0.1, 0.15) is 34.8 Å². The van der Waals surface area contributed by atoms with Gasteiger partial charge in [-0.3, -0.25) is 4.79 Å². The SMILES string of the molecule is O=C(CCN1CCC(c2ccncn2)C1)c1ccc2c(c1)OCCO2. The van der Waals surface area contributed by atoms with Crippen LogP contribution in [0, 0.1) is 0 Å². The molecular formula is C19H21N3O3. The third-order valence-corrected chi connectivity index (χ3v) is 4.81. The van der Waals surface area contributed by atoms with Crippen molar-refractivity contribution in [3.8, 4) is 11.5 Å². The maximum Gasteiger partial charge on any atom is 0.164 e. The fourth-order valence-electron chi connectivity index (χ4n) is 3.44. The van der Waals surface area contributed by atoms with E-state index in [0.717, 1.165) is 37.5 Å². The molecule has 6 heteroatoms. The van der Waals surface area contributed by atoms with Crippen molar-refractivity contribution in [2.24, 2.45) is 0 Å². The molecule has 0 aliphatic carbocycles. The first-order chi connectivity index (χ1) is 12.3. The normalized spacial score (nSPS) is 19.8. The Morgan fingerprint density at radius 2 is 2.08 bits per heavy atom. The number of Topliss-reactive ketones (excluding diaryl/α,β-unsaturated/α-hetero) is 1. The van der Waals surface area contributed by atoms with Crippen molar-refractivity contribution >= 4 is 5.78 Å². The van der Waals surface area contributed by atoms with E-state index in [-0.39, 0.29) is 5.78 Å². The molecule has 4 rings (SSSR count). The van der Waals surface area contributed by atoms with Gasteiger partial charge in [0.15, 0.2) is 17.3 Å². The average molecular weight is 339 g/mol. The summed E-state index contributed by atoms with van der Waals surface area (Å²) in [4.78, 5) is 23.2. The number of rotatable bonds is 5. The fourth-order valence-corrected chi connectivity index (χ4v) is 3.44. The Bertz CT molecular complexity index is 751. The molecule has 1 fully saturated rings. The Morgan fingerprint density at radius 3 is 2.92 bits per heavy atom. The first kappa shape index (κ1) is 16.0. The number of carbonyl (C=O) groups excluding carboxylic acids is 1. The highest BCUT2D eigenvalue weighted by Gasteiger charge is 2.25. The Labute approximate surface area is 146 Å². The van der Waals surface area contributed by atoms with Crippen LogP contribution in [-0.4, -0.2) is 53.5 Å². The van der Waals surface area contributed by atoms with Crippen LogP contribution in [0.25, 0.3) is 0 Å². The molecular weight excluding hydrogens is 318 g/mol. The minimum Gasteiger partial charge on any atom is -0.486 e. The van der Waals surface area contributed by atoms with E-state index in [2.05, 4.69) is 14.9 Å². The van der Waals surface area contributed by atoms with Crippen LogP contribution in [-0.2, 0) is 0 Å². The second-order valence-corrected chi connectivity index (χ2v) is 6.45. The molecule has 1 aromatic carbocycles. The molecule has 2 aliphatic heterocycles. The topological polar surface area (TPSA) is 64.6 Å². The largest absolute Gasteiger partial charge is 0.486 e. The molecule has 1 aromatic heterocycles. The van der Waals surface area contributed by atoms with Gasteiger partial charge < -0.3 is 14.4 Å². The second-order valence-electron chi connectivity index (χ2n) is 6.45. The average Bonchev–Trinajstić information content (AvgIpc) is 3.15. The first-order valence-corrected chi connectivity index (χ1v) is 8.71. The van der Waals surface area contributed by atoms with Crippen molar-refractivity contribution in [3.05, 3.63) is 48.0 Å². The van der Waals surface area contributed by atoms with E-state index in [1.165, 1.54) is 0 Å². The molecule has 1 saturated heterocycles. The van der Waals surface area contributed by atoms with Gasteiger partial charge in [-0.2, -0.15) is 0 Å². The van der Waals surface area contributed by atoms with Crippen LogP contribution in [0.2, 0.25) is 0 Å².